The second kappa shape index (κ2) is 6.59. The van der Waals surface area contributed by atoms with E-state index >= 15 is 0 Å². The topological polar surface area (TPSA) is 57.7 Å². The van der Waals surface area contributed by atoms with E-state index in [1.807, 2.05) is 23.1 Å². The Morgan fingerprint density at radius 1 is 1.08 bits per heavy atom. The highest BCUT2D eigenvalue weighted by Gasteiger charge is 2.37. The van der Waals surface area contributed by atoms with Crippen LogP contribution in [0.15, 0.2) is 36.7 Å². The lowest BCUT2D eigenvalue weighted by Gasteiger charge is -2.33. The zero-order chi connectivity index (χ0) is 18.1. The fraction of sp³-hybridized carbons (Fsp3) is 0.389. The first-order valence-electron chi connectivity index (χ1n) is 8.58. The van der Waals surface area contributed by atoms with Crippen molar-refractivity contribution >= 4 is 17.0 Å². The number of anilines is 1. The fourth-order valence-electron chi connectivity index (χ4n) is 3.47. The molecule has 136 valence electrons. The molecule has 4 rings (SSSR count). The van der Waals surface area contributed by atoms with Gasteiger partial charge in [-0.25, -0.2) is 15.0 Å². The van der Waals surface area contributed by atoms with Crippen LogP contribution in [0.5, 0.6) is 0 Å². The van der Waals surface area contributed by atoms with E-state index < -0.39 is 12.0 Å². The van der Waals surface area contributed by atoms with E-state index in [9.17, 15) is 13.2 Å². The van der Waals surface area contributed by atoms with Gasteiger partial charge in [0, 0.05) is 13.1 Å². The number of aromatic nitrogens is 4. The van der Waals surface area contributed by atoms with E-state index in [0.29, 0.717) is 24.5 Å². The highest BCUT2D eigenvalue weighted by atomic mass is 19.4. The summed E-state index contributed by atoms with van der Waals surface area (Å²) in [4.78, 5) is 16.0. The van der Waals surface area contributed by atoms with Crippen molar-refractivity contribution in [2.24, 2.45) is 5.92 Å². The summed E-state index contributed by atoms with van der Waals surface area (Å²) in [6.07, 6.45) is -0.420. The van der Waals surface area contributed by atoms with Crippen molar-refractivity contribution in [2.75, 3.05) is 18.0 Å². The third kappa shape index (κ3) is 3.36. The molecule has 5 nitrogen and oxygen atoms in total. The summed E-state index contributed by atoms with van der Waals surface area (Å²) in [6, 6.07) is 10.3. The van der Waals surface area contributed by atoms with Crippen molar-refractivity contribution in [2.45, 2.75) is 25.4 Å². The van der Waals surface area contributed by atoms with Crippen molar-refractivity contribution in [3.8, 4) is 0 Å². The van der Waals surface area contributed by atoms with Crippen LogP contribution in [0.3, 0.4) is 0 Å². The van der Waals surface area contributed by atoms with Crippen molar-refractivity contribution in [3.63, 3.8) is 0 Å². The molecule has 0 saturated carbocycles. The van der Waals surface area contributed by atoms with Gasteiger partial charge >= 0.3 is 6.18 Å². The molecule has 3 aromatic rings. The maximum Gasteiger partial charge on any atom is 0.451 e. The van der Waals surface area contributed by atoms with Crippen molar-refractivity contribution in [1.82, 2.24) is 19.9 Å². The quantitative estimate of drug-likeness (QED) is 0.770. The van der Waals surface area contributed by atoms with E-state index in [2.05, 4.69) is 32.1 Å². The lowest BCUT2D eigenvalue weighted by atomic mass is 9.90. The number of alkyl halides is 3. The molecule has 1 N–H and O–H groups in total. The third-order valence-electron chi connectivity index (χ3n) is 4.80. The first-order valence-corrected chi connectivity index (χ1v) is 8.58. The fourth-order valence-corrected chi connectivity index (χ4v) is 3.47. The highest BCUT2D eigenvalue weighted by molar-refractivity contribution is 5.83. The first kappa shape index (κ1) is 16.8. The maximum atomic E-state index is 13.1. The van der Waals surface area contributed by atoms with Crippen LogP contribution in [0.2, 0.25) is 0 Å². The van der Waals surface area contributed by atoms with Crippen molar-refractivity contribution < 1.29 is 13.2 Å². The summed E-state index contributed by atoms with van der Waals surface area (Å²) >= 11 is 0. The molecular weight excluding hydrogens is 343 g/mol. The monoisotopic (exact) mass is 361 g/mol. The molecule has 0 aliphatic carbocycles. The zero-order valence-corrected chi connectivity index (χ0v) is 14.0. The molecule has 3 heterocycles. The molecule has 1 aliphatic heterocycles. The molecule has 0 bridgehead atoms. The average molecular weight is 361 g/mol. The number of hydrogen-bond donors (Lipinski definition) is 1. The molecule has 0 spiro atoms. The summed E-state index contributed by atoms with van der Waals surface area (Å²) in [7, 11) is 0. The molecule has 0 amide bonds. The van der Waals surface area contributed by atoms with Gasteiger partial charge in [-0.2, -0.15) is 13.2 Å². The van der Waals surface area contributed by atoms with Crippen LogP contribution in [0, 0.1) is 5.92 Å². The molecule has 0 atom stereocenters. The van der Waals surface area contributed by atoms with Crippen LogP contribution in [-0.2, 0) is 12.6 Å². The first-order chi connectivity index (χ1) is 12.5. The number of nitrogens with zero attached hydrogens (tertiary/aromatic N) is 4. The van der Waals surface area contributed by atoms with Crippen LogP contribution in [0.1, 0.15) is 24.2 Å². The Morgan fingerprint density at radius 2 is 1.81 bits per heavy atom. The second-order valence-corrected chi connectivity index (χ2v) is 6.59. The molecule has 26 heavy (non-hydrogen) atoms. The van der Waals surface area contributed by atoms with Crippen molar-refractivity contribution in [1.29, 1.82) is 0 Å². The minimum Gasteiger partial charge on any atom is -0.355 e. The normalized spacial score (nSPS) is 16.3. The number of H-pyrrole nitrogens is 1. The molecule has 0 radical (unpaired) electrons. The highest BCUT2D eigenvalue weighted by Crippen LogP contribution is 2.32. The van der Waals surface area contributed by atoms with Gasteiger partial charge in [-0.15, -0.1) is 0 Å². The van der Waals surface area contributed by atoms with Gasteiger partial charge in [0.1, 0.15) is 5.52 Å². The molecule has 8 heteroatoms. The average Bonchev–Trinajstić information content (AvgIpc) is 3.10. The van der Waals surface area contributed by atoms with Gasteiger partial charge in [-0.3, -0.25) is 0 Å². The Kier molecular flexibility index (Phi) is 4.26. The smallest absolute Gasteiger partial charge is 0.355 e. The number of benzene rings is 1. The van der Waals surface area contributed by atoms with Gasteiger partial charge in [0.25, 0.3) is 0 Å². The van der Waals surface area contributed by atoms with Gasteiger partial charge in [0.05, 0.1) is 6.33 Å². The minimum absolute atomic E-state index is 0.0498. The lowest BCUT2D eigenvalue weighted by Crippen LogP contribution is -2.35. The van der Waals surface area contributed by atoms with Crippen LogP contribution >= 0.6 is 0 Å². The van der Waals surface area contributed by atoms with Crippen LogP contribution in [-0.4, -0.2) is 33.0 Å². The lowest BCUT2D eigenvalue weighted by molar-refractivity contribution is -0.144. The Bertz CT molecular complexity index is 883. The SMILES string of the molecule is FC(F)(F)c1nc(N2CCC(Cc3ccccc3)CC2)c2[nH]cnc2n1. The Hall–Kier alpha value is -2.64. The van der Waals surface area contributed by atoms with E-state index in [1.165, 1.54) is 11.9 Å². The number of imidazole rings is 1. The maximum absolute atomic E-state index is 13.1. The van der Waals surface area contributed by atoms with Gasteiger partial charge < -0.3 is 9.88 Å². The van der Waals surface area contributed by atoms with Gasteiger partial charge in [0.2, 0.25) is 5.82 Å². The van der Waals surface area contributed by atoms with E-state index in [4.69, 9.17) is 0 Å². The summed E-state index contributed by atoms with van der Waals surface area (Å²) in [5, 5.41) is 0. The number of rotatable bonds is 3. The molecule has 0 unspecified atom stereocenters. The van der Waals surface area contributed by atoms with Crippen molar-refractivity contribution in [3.05, 3.63) is 48.0 Å². The molecule has 1 saturated heterocycles. The van der Waals surface area contributed by atoms with Crippen LogP contribution in [0.4, 0.5) is 19.0 Å². The van der Waals surface area contributed by atoms with Gasteiger partial charge in [0.15, 0.2) is 11.5 Å². The standard InChI is InChI=1S/C18H18F3N5/c19-18(20,21)17-24-15-14(22-11-23-15)16(25-17)26-8-6-13(7-9-26)10-12-4-2-1-3-5-12/h1-5,11,13H,6-10H2,(H,22,23,24,25). The minimum atomic E-state index is -4.59. The summed E-state index contributed by atoms with van der Waals surface area (Å²) in [6.45, 7) is 1.33. The van der Waals surface area contributed by atoms with Gasteiger partial charge in [-0.1, -0.05) is 30.3 Å². The predicted molar refractivity (Wildman–Crippen MR) is 91.8 cm³/mol. The summed E-state index contributed by atoms with van der Waals surface area (Å²) in [5.41, 5.74) is 1.80. The Labute approximate surface area is 148 Å². The Morgan fingerprint density at radius 3 is 2.50 bits per heavy atom. The number of fused-ring (bicyclic) bond motifs is 1. The molecule has 1 aromatic carbocycles. The Balaban J connectivity index is 1.53. The summed E-state index contributed by atoms with van der Waals surface area (Å²) < 4.78 is 39.3. The molecule has 1 fully saturated rings. The summed E-state index contributed by atoms with van der Waals surface area (Å²) in [5.74, 6) is -0.327. The van der Waals surface area contributed by atoms with Crippen LogP contribution in [0.25, 0.3) is 11.2 Å². The molecule has 2 aromatic heterocycles. The van der Waals surface area contributed by atoms with E-state index in [1.54, 1.807) is 0 Å². The number of nitrogens with one attached hydrogen (secondary N) is 1. The number of piperidine rings is 1. The van der Waals surface area contributed by atoms with E-state index in [0.717, 1.165) is 19.3 Å². The van der Waals surface area contributed by atoms with Crippen LogP contribution < -0.4 is 4.90 Å². The number of aromatic amines is 1. The molecule has 1 aliphatic rings. The second-order valence-electron chi connectivity index (χ2n) is 6.59. The number of hydrogen-bond acceptors (Lipinski definition) is 4. The van der Waals surface area contributed by atoms with E-state index in [-0.39, 0.29) is 11.5 Å². The predicted octanol–water partition coefficient (Wildman–Crippen LogP) is 3.83. The largest absolute Gasteiger partial charge is 0.451 e. The number of halogens is 3. The zero-order valence-electron chi connectivity index (χ0n) is 14.0. The molecular formula is C18H18F3N5. The third-order valence-corrected chi connectivity index (χ3v) is 4.80. The van der Waals surface area contributed by atoms with Gasteiger partial charge in [-0.05, 0) is 30.7 Å².